The van der Waals surface area contributed by atoms with Crippen molar-refractivity contribution in [2.45, 2.75) is 25.9 Å². The van der Waals surface area contributed by atoms with Crippen molar-refractivity contribution >= 4 is 23.5 Å². The van der Waals surface area contributed by atoms with Gasteiger partial charge in [-0.3, -0.25) is 19.7 Å². The van der Waals surface area contributed by atoms with Gasteiger partial charge in [-0.2, -0.15) is 0 Å². The molecule has 0 bridgehead atoms. The van der Waals surface area contributed by atoms with Gasteiger partial charge in [0, 0.05) is 11.6 Å². The Hall–Kier alpha value is -3.19. The van der Waals surface area contributed by atoms with E-state index in [-0.39, 0.29) is 5.75 Å². The Bertz CT molecular complexity index is 982. The summed E-state index contributed by atoms with van der Waals surface area (Å²) in [5.74, 6) is -4.16. The lowest BCUT2D eigenvalue weighted by Gasteiger charge is -2.22. The van der Waals surface area contributed by atoms with Crippen molar-refractivity contribution in [2.75, 3.05) is 4.90 Å². The van der Waals surface area contributed by atoms with Crippen LogP contribution in [-0.4, -0.2) is 34.0 Å². The van der Waals surface area contributed by atoms with Crippen molar-refractivity contribution in [2.24, 2.45) is 11.8 Å². The zero-order valence-corrected chi connectivity index (χ0v) is 15.4. The smallest absolute Gasteiger partial charge is 0.321 e. The summed E-state index contributed by atoms with van der Waals surface area (Å²) in [5, 5.41) is 22.7. The average molecular weight is 380 g/mol. The fourth-order valence-electron chi connectivity index (χ4n) is 4.41. The molecule has 2 saturated heterocycles. The summed E-state index contributed by atoms with van der Waals surface area (Å²) >= 11 is 0. The molecule has 3 N–H and O–H groups in total. The van der Waals surface area contributed by atoms with Gasteiger partial charge in [0.15, 0.2) is 0 Å². The van der Waals surface area contributed by atoms with Gasteiger partial charge in [-0.1, -0.05) is 24.3 Å². The first kappa shape index (κ1) is 18.2. The number of hydrogen-bond donors (Lipinski definition) is 3. The van der Waals surface area contributed by atoms with Crippen LogP contribution in [-0.2, 0) is 14.4 Å². The number of amides is 2. The fourth-order valence-corrected chi connectivity index (χ4v) is 4.41. The summed E-state index contributed by atoms with van der Waals surface area (Å²) < 4.78 is 0. The van der Waals surface area contributed by atoms with Crippen LogP contribution in [0, 0.1) is 25.7 Å². The van der Waals surface area contributed by atoms with Crippen molar-refractivity contribution in [1.29, 1.82) is 0 Å². The Morgan fingerprint density at radius 1 is 1.00 bits per heavy atom. The standard InChI is InChI=1S/C21H20N2O5/c1-10-7-11(2)9-12(8-10)23-19(25)15-16(20(23)26)18(21(27)28)22-17(15)13-5-3-4-6-14(13)24/h3-9,15-18,22,24H,1-2H3,(H,27,28)/t15-,16+,17-,18-/m1/s1. The number of carbonyl (C=O) groups is 3. The third-order valence-corrected chi connectivity index (χ3v) is 5.48. The molecule has 0 radical (unpaired) electrons. The van der Waals surface area contributed by atoms with Gasteiger partial charge in [-0.15, -0.1) is 0 Å². The Morgan fingerprint density at radius 2 is 1.61 bits per heavy atom. The normalized spacial score (nSPS) is 26.6. The van der Waals surface area contributed by atoms with Crippen molar-refractivity contribution in [3.05, 3.63) is 59.2 Å². The van der Waals surface area contributed by atoms with Crippen LogP contribution in [0.15, 0.2) is 42.5 Å². The first-order valence-corrected chi connectivity index (χ1v) is 9.02. The highest BCUT2D eigenvalue weighted by Gasteiger charge is 2.61. The number of hydrogen-bond acceptors (Lipinski definition) is 5. The van der Waals surface area contributed by atoms with Gasteiger partial charge in [-0.05, 0) is 43.2 Å². The average Bonchev–Trinajstić information content (AvgIpc) is 3.12. The van der Waals surface area contributed by atoms with Gasteiger partial charge in [0.05, 0.1) is 17.5 Å². The summed E-state index contributed by atoms with van der Waals surface area (Å²) in [5.41, 5.74) is 2.65. The topological polar surface area (TPSA) is 107 Å². The summed E-state index contributed by atoms with van der Waals surface area (Å²) in [7, 11) is 0. The molecule has 28 heavy (non-hydrogen) atoms. The molecule has 0 unspecified atom stereocenters. The van der Waals surface area contributed by atoms with Crippen LogP contribution >= 0.6 is 0 Å². The zero-order valence-electron chi connectivity index (χ0n) is 15.4. The van der Waals surface area contributed by atoms with E-state index in [9.17, 15) is 24.6 Å². The van der Waals surface area contributed by atoms with Crippen LogP contribution < -0.4 is 10.2 Å². The summed E-state index contributed by atoms with van der Waals surface area (Å²) in [6.45, 7) is 3.74. The highest BCUT2D eigenvalue weighted by atomic mass is 16.4. The molecule has 4 rings (SSSR count). The number of carbonyl (C=O) groups excluding carboxylic acids is 2. The van der Waals surface area contributed by atoms with Gasteiger partial charge in [0.25, 0.3) is 0 Å². The van der Waals surface area contributed by atoms with Gasteiger partial charge < -0.3 is 10.2 Å². The number of nitrogens with one attached hydrogen (secondary N) is 1. The zero-order chi connectivity index (χ0) is 20.2. The van der Waals surface area contributed by atoms with Gasteiger partial charge in [0.1, 0.15) is 11.8 Å². The van der Waals surface area contributed by atoms with Crippen molar-refractivity contribution in [1.82, 2.24) is 5.32 Å². The first-order valence-electron chi connectivity index (χ1n) is 9.02. The Kier molecular flexibility index (Phi) is 4.19. The minimum Gasteiger partial charge on any atom is -0.508 e. The Balaban J connectivity index is 1.81. The largest absolute Gasteiger partial charge is 0.508 e. The second-order valence-corrected chi connectivity index (χ2v) is 7.43. The predicted octanol–water partition coefficient (Wildman–Crippen LogP) is 1.91. The molecule has 2 heterocycles. The number of phenolic OH excluding ortho intramolecular Hbond substituents is 1. The minimum absolute atomic E-state index is 0.0464. The summed E-state index contributed by atoms with van der Waals surface area (Å²) in [6.07, 6.45) is 0. The number of phenols is 1. The number of carboxylic acid groups (broad SMARTS) is 1. The van der Waals surface area contributed by atoms with E-state index in [1.165, 1.54) is 6.07 Å². The van der Waals surface area contributed by atoms with Crippen LogP contribution in [0.2, 0.25) is 0 Å². The van der Waals surface area contributed by atoms with Crippen LogP contribution in [0.5, 0.6) is 5.75 Å². The molecule has 0 spiro atoms. The molecule has 0 saturated carbocycles. The third kappa shape index (κ3) is 2.66. The number of anilines is 1. The second-order valence-electron chi connectivity index (χ2n) is 7.43. The van der Waals surface area contributed by atoms with Gasteiger partial charge in [-0.25, -0.2) is 4.90 Å². The maximum absolute atomic E-state index is 13.3. The van der Waals surface area contributed by atoms with E-state index in [2.05, 4.69) is 5.32 Å². The van der Waals surface area contributed by atoms with E-state index in [4.69, 9.17) is 0 Å². The molecule has 7 nitrogen and oxygen atoms in total. The quantitative estimate of drug-likeness (QED) is 0.703. The minimum atomic E-state index is -1.21. The molecule has 2 aromatic carbocycles. The molecular formula is C21H20N2O5. The molecule has 7 heteroatoms. The number of carboxylic acids is 1. The summed E-state index contributed by atoms with van der Waals surface area (Å²) in [6, 6.07) is 9.88. The third-order valence-electron chi connectivity index (χ3n) is 5.48. The van der Waals surface area contributed by atoms with Crippen LogP contribution in [0.1, 0.15) is 22.7 Å². The molecule has 2 amide bonds. The van der Waals surface area contributed by atoms with Crippen molar-refractivity contribution < 1.29 is 24.6 Å². The molecule has 0 aliphatic carbocycles. The van der Waals surface area contributed by atoms with E-state index >= 15 is 0 Å². The van der Waals surface area contributed by atoms with E-state index in [1.54, 1.807) is 30.3 Å². The molecule has 2 aliphatic heterocycles. The number of aromatic hydroxyl groups is 1. The predicted molar refractivity (Wildman–Crippen MR) is 101 cm³/mol. The molecular weight excluding hydrogens is 360 g/mol. The number of benzene rings is 2. The number of aryl methyl sites for hydroxylation is 2. The van der Waals surface area contributed by atoms with Crippen molar-refractivity contribution in [3.8, 4) is 5.75 Å². The molecule has 4 atom stereocenters. The van der Waals surface area contributed by atoms with E-state index < -0.39 is 41.7 Å². The second kappa shape index (κ2) is 6.45. The number of fused-ring (bicyclic) bond motifs is 1. The highest BCUT2D eigenvalue weighted by Crippen LogP contribution is 2.47. The Labute approximate surface area is 161 Å². The number of imide groups is 1. The maximum Gasteiger partial charge on any atom is 0.321 e. The molecule has 2 aromatic rings. The maximum atomic E-state index is 13.3. The number of nitrogens with zero attached hydrogens (tertiary/aromatic N) is 1. The van der Waals surface area contributed by atoms with Crippen LogP contribution in [0.25, 0.3) is 0 Å². The molecule has 0 aromatic heterocycles. The van der Waals surface area contributed by atoms with E-state index in [1.807, 2.05) is 19.9 Å². The fraction of sp³-hybridized carbons (Fsp3) is 0.286. The van der Waals surface area contributed by atoms with Gasteiger partial charge >= 0.3 is 5.97 Å². The lowest BCUT2D eigenvalue weighted by Crippen LogP contribution is -2.43. The number of para-hydroxylation sites is 1. The SMILES string of the molecule is Cc1cc(C)cc(N2C(=O)[C@@H]3[C@H](C2=O)[C@H](C(=O)O)N[C@@H]3c2ccccc2O)c1. The lowest BCUT2D eigenvalue weighted by atomic mass is 9.86. The van der Waals surface area contributed by atoms with E-state index in [0.29, 0.717) is 11.3 Å². The molecule has 144 valence electrons. The monoisotopic (exact) mass is 380 g/mol. The number of rotatable bonds is 3. The van der Waals surface area contributed by atoms with Crippen LogP contribution in [0.4, 0.5) is 5.69 Å². The van der Waals surface area contributed by atoms with Crippen LogP contribution in [0.3, 0.4) is 0 Å². The van der Waals surface area contributed by atoms with Gasteiger partial charge in [0.2, 0.25) is 11.8 Å². The molecule has 2 fully saturated rings. The first-order chi connectivity index (χ1) is 13.3. The highest BCUT2D eigenvalue weighted by molar-refractivity contribution is 6.23. The van der Waals surface area contributed by atoms with Crippen molar-refractivity contribution in [3.63, 3.8) is 0 Å². The molecule has 2 aliphatic rings. The lowest BCUT2D eigenvalue weighted by molar-refractivity contribution is -0.142. The Morgan fingerprint density at radius 3 is 2.21 bits per heavy atom. The summed E-state index contributed by atoms with van der Waals surface area (Å²) in [4.78, 5) is 39.3. The number of aliphatic carboxylic acids is 1. The van der Waals surface area contributed by atoms with E-state index in [0.717, 1.165) is 16.0 Å².